The Balaban J connectivity index is 0.00000180. The van der Waals surface area contributed by atoms with Crippen LogP contribution in [0.3, 0.4) is 0 Å². The Morgan fingerprint density at radius 2 is 2.25 bits per heavy atom. The Labute approximate surface area is 151 Å². The molecule has 2 aromatic heterocycles. The maximum Gasteiger partial charge on any atom is 2.00 e. The van der Waals surface area contributed by atoms with Gasteiger partial charge in [0.2, 0.25) is 0 Å². The van der Waals surface area contributed by atoms with Gasteiger partial charge in [0.25, 0.3) is 0 Å². The van der Waals surface area contributed by atoms with Crippen LogP contribution in [0.2, 0.25) is 0 Å². The molecule has 2 heterocycles. The smallest absolute Gasteiger partial charge is 0.481 e. The summed E-state index contributed by atoms with van der Waals surface area (Å²) in [5.74, 6) is 0.916. The van der Waals surface area contributed by atoms with E-state index < -0.39 is 0 Å². The first-order valence-corrected chi connectivity index (χ1v) is 6.29. The van der Waals surface area contributed by atoms with Crippen LogP contribution in [0.1, 0.15) is 18.7 Å². The van der Waals surface area contributed by atoms with Crippen LogP contribution >= 0.6 is 15.9 Å². The van der Waals surface area contributed by atoms with E-state index >= 15 is 0 Å². The summed E-state index contributed by atoms with van der Waals surface area (Å²) in [6, 6.07) is 3.70. The van der Waals surface area contributed by atoms with Crippen molar-refractivity contribution in [3.05, 3.63) is 49.0 Å². The summed E-state index contributed by atoms with van der Waals surface area (Å²) in [4.78, 5) is 4.03. The van der Waals surface area contributed by atoms with Crippen LogP contribution < -0.4 is 10.5 Å². The summed E-state index contributed by atoms with van der Waals surface area (Å²) in [5.41, 5.74) is 6.72. The van der Waals surface area contributed by atoms with E-state index in [1.807, 2.05) is 13.0 Å². The van der Waals surface area contributed by atoms with Crippen molar-refractivity contribution >= 4 is 21.7 Å². The summed E-state index contributed by atoms with van der Waals surface area (Å²) in [6.07, 6.45) is 3.18. The number of aromatic nitrogens is 3. The Hall–Kier alpha value is -0.508. The monoisotopic (exact) mass is 562 g/mol. The fraction of sp³-hybridized carbons (Fsp3) is 0.231. The van der Waals surface area contributed by atoms with Crippen molar-refractivity contribution in [3.8, 4) is 5.75 Å². The third-order valence-electron chi connectivity index (χ3n) is 2.53. The van der Waals surface area contributed by atoms with Gasteiger partial charge in [-0.05, 0) is 35.0 Å². The van der Waals surface area contributed by atoms with E-state index in [2.05, 4.69) is 32.9 Å². The number of pyridine rings is 1. The van der Waals surface area contributed by atoms with Crippen molar-refractivity contribution in [1.82, 2.24) is 14.8 Å². The first-order valence-electron chi connectivity index (χ1n) is 5.50. The minimum absolute atomic E-state index is 0. The van der Waals surface area contributed by atoms with Gasteiger partial charge in [-0.2, -0.15) is 5.10 Å². The van der Waals surface area contributed by atoms with Crippen molar-refractivity contribution in [2.45, 2.75) is 19.6 Å². The Morgan fingerprint density at radius 3 is 2.90 bits per heavy atom. The van der Waals surface area contributed by atoms with Gasteiger partial charge in [0.1, 0.15) is 6.10 Å². The second-order valence-corrected chi connectivity index (χ2v) is 4.69. The first-order chi connectivity index (χ1) is 8.61. The predicted molar refractivity (Wildman–Crippen MR) is 79.4 cm³/mol. The van der Waals surface area contributed by atoms with Crippen LogP contribution in [0.15, 0.2) is 29.0 Å². The van der Waals surface area contributed by atoms with Crippen molar-refractivity contribution in [2.24, 2.45) is 0 Å². The van der Waals surface area contributed by atoms with E-state index in [0.717, 1.165) is 10.2 Å². The van der Waals surface area contributed by atoms with Crippen molar-refractivity contribution in [1.29, 1.82) is 0 Å². The zero-order chi connectivity index (χ0) is 13.1. The second kappa shape index (κ2) is 8.71. The molecule has 1 unspecified atom stereocenters. The molecule has 20 heavy (non-hydrogen) atoms. The quantitative estimate of drug-likeness (QED) is 0.582. The molecule has 2 rings (SSSR count). The minimum Gasteiger partial charge on any atom is -0.481 e. The van der Waals surface area contributed by atoms with Gasteiger partial charge in [-0.3, -0.25) is 4.68 Å². The van der Waals surface area contributed by atoms with Gasteiger partial charge in [-0.1, -0.05) is 6.54 Å². The second-order valence-electron chi connectivity index (χ2n) is 3.78. The van der Waals surface area contributed by atoms with Gasteiger partial charge in [-0.15, -0.1) is 0 Å². The fourth-order valence-electron chi connectivity index (χ4n) is 1.65. The van der Waals surface area contributed by atoms with E-state index in [4.69, 9.17) is 10.5 Å². The Kier molecular flexibility index (Phi) is 8.49. The van der Waals surface area contributed by atoms with E-state index in [9.17, 15) is 0 Å². The molecule has 0 amide bonds. The molecule has 2 N–H and O–H groups in total. The van der Waals surface area contributed by atoms with Crippen molar-refractivity contribution in [3.63, 3.8) is 0 Å². The van der Waals surface area contributed by atoms with Gasteiger partial charge >= 0.3 is 31.1 Å². The first kappa shape index (κ1) is 19.5. The van der Waals surface area contributed by atoms with Crippen LogP contribution in [0.5, 0.6) is 5.75 Å². The van der Waals surface area contributed by atoms with E-state index in [1.165, 1.54) is 0 Å². The van der Waals surface area contributed by atoms with E-state index in [-0.39, 0.29) is 44.6 Å². The molecule has 2 aromatic rings. The summed E-state index contributed by atoms with van der Waals surface area (Å²) in [6.45, 7) is 6.30. The zero-order valence-corrected chi connectivity index (χ0v) is 17.3. The number of nitrogens with zero attached hydrogens (tertiary/aromatic N) is 3. The predicted octanol–water partition coefficient (Wildman–Crippen LogP) is 3.05. The van der Waals surface area contributed by atoms with E-state index in [0.29, 0.717) is 18.1 Å². The molecule has 5 nitrogen and oxygen atoms in total. The Bertz CT molecular complexity index is 547. The van der Waals surface area contributed by atoms with Gasteiger partial charge in [0.05, 0.1) is 5.69 Å². The molecule has 1 atom stereocenters. The van der Waals surface area contributed by atoms with Gasteiger partial charge in [-0.25, -0.2) is 4.98 Å². The number of anilines is 1. The number of nitrogens with two attached hydrogens (primary N) is 1. The molecule has 0 aromatic carbocycles. The maximum atomic E-state index is 5.81. The molecule has 0 aliphatic carbocycles. The van der Waals surface area contributed by atoms with Gasteiger partial charge in [0.15, 0.2) is 11.6 Å². The van der Waals surface area contributed by atoms with Crippen molar-refractivity contribution < 1.29 is 35.9 Å². The molecule has 0 saturated heterocycles. The summed E-state index contributed by atoms with van der Waals surface area (Å²) in [7, 11) is 0. The molecule has 7 heteroatoms. The van der Waals surface area contributed by atoms with Gasteiger partial charge in [0, 0.05) is 16.9 Å². The molecule has 0 radical (unpaired) electrons. The topological polar surface area (TPSA) is 66.0 Å². The molecule has 0 aliphatic heterocycles. The summed E-state index contributed by atoms with van der Waals surface area (Å²) < 4.78 is 8.41. The molecule has 106 valence electrons. The van der Waals surface area contributed by atoms with Crippen molar-refractivity contribution in [2.75, 3.05) is 5.73 Å². The SMILES string of the molecule is [CH2-]Cn1nccc1C(C)Oc1cc(Br)cnc1N.[CH3-].[U+2]. The van der Waals surface area contributed by atoms with E-state index in [1.54, 1.807) is 23.1 Å². The zero-order valence-electron chi connectivity index (χ0n) is 11.5. The third kappa shape index (κ3) is 4.51. The molecule has 0 bridgehead atoms. The Morgan fingerprint density at radius 1 is 1.55 bits per heavy atom. The third-order valence-corrected chi connectivity index (χ3v) is 2.96. The number of hydrogen-bond acceptors (Lipinski definition) is 4. The average molecular weight is 563 g/mol. The summed E-state index contributed by atoms with van der Waals surface area (Å²) >= 11 is 3.34. The maximum absolute atomic E-state index is 5.81. The molecule has 0 fully saturated rings. The normalized spacial score (nSPS) is 11.2. The number of hydrogen-bond donors (Lipinski definition) is 1. The number of halogens is 1. The average Bonchev–Trinajstić information content (AvgIpc) is 2.82. The number of nitrogen functional groups attached to an aromatic ring is 1. The molecular formula is C13H17BrN4OU. The van der Waals surface area contributed by atoms with Crippen LogP contribution in [-0.4, -0.2) is 14.8 Å². The number of ether oxygens (including phenoxy) is 1. The fourth-order valence-corrected chi connectivity index (χ4v) is 1.96. The minimum atomic E-state index is -0.173. The number of rotatable bonds is 4. The molecule has 0 saturated carbocycles. The van der Waals surface area contributed by atoms with Crippen LogP contribution in [0, 0.1) is 45.5 Å². The van der Waals surface area contributed by atoms with Crippen LogP contribution in [-0.2, 0) is 6.54 Å². The largest absolute Gasteiger partial charge is 2.00 e. The standard InChI is InChI=1S/C12H14BrN4O.CH3.U/c1-3-17-10(4-5-16-17)8(2)18-11-6-9(13)7-15-12(11)14;;/h4-8H,1,3H2,2H3,(H2,14,15);1H3;/q2*-1;+2. The van der Waals surface area contributed by atoms with Crippen LogP contribution in [0.25, 0.3) is 0 Å². The summed E-state index contributed by atoms with van der Waals surface area (Å²) in [5, 5.41) is 4.16. The molecule has 0 aliphatic rings. The van der Waals surface area contributed by atoms with Crippen LogP contribution in [0.4, 0.5) is 5.82 Å². The molecule has 0 spiro atoms. The molecular weight excluding hydrogens is 546 g/mol. The van der Waals surface area contributed by atoms with Gasteiger partial charge < -0.3 is 24.8 Å².